The van der Waals surface area contributed by atoms with E-state index in [4.69, 9.17) is 32.8 Å². The third kappa shape index (κ3) is 8.73. The van der Waals surface area contributed by atoms with Gasteiger partial charge in [-0.3, -0.25) is 14.5 Å². The average molecular weight is 535 g/mol. The van der Waals surface area contributed by atoms with Gasteiger partial charge in [-0.2, -0.15) is 0 Å². The number of carbonyl (C=O) groups excluding carboxylic acids is 2. The summed E-state index contributed by atoms with van der Waals surface area (Å²) in [6, 6.07) is 8.58. The van der Waals surface area contributed by atoms with Gasteiger partial charge in [0.25, 0.3) is 0 Å². The second kappa shape index (κ2) is 15.3. The molecular formula is C27H38N2O9. The molecule has 0 N–H and O–H groups in total. The van der Waals surface area contributed by atoms with Crippen LogP contribution in [0.5, 0.6) is 11.5 Å². The zero-order valence-corrected chi connectivity index (χ0v) is 22.6. The molecule has 1 aromatic carbocycles. The number of morpholine rings is 1. The summed E-state index contributed by atoms with van der Waals surface area (Å²) in [6.07, 6.45) is 0.844. The van der Waals surface area contributed by atoms with Crippen LogP contribution in [0, 0.1) is 0 Å². The summed E-state index contributed by atoms with van der Waals surface area (Å²) < 4.78 is 37.8. The number of hydrogen-bond acceptors (Lipinski definition) is 10. The minimum Gasteiger partial charge on any atom is -0.468 e. The van der Waals surface area contributed by atoms with Gasteiger partial charge in [-0.15, -0.1) is 0 Å². The van der Waals surface area contributed by atoms with Crippen LogP contribution in [0.3, 0.4) is 0 Å². The Bertz CT molecular complexity index is 993. The smallest absolute Gasteiger partial charge is 0.320 e. The first-order valence-electron chi connectivity index (χ1n) is 12.6. The number of benzene rings is 1. The number of esters is 1. The summed E-state index contributed by atoms with van der Waals surface area (Å²) in [4.78, 5) is 29.3. The highest BCUT2D eigenvalue weighted by Crippen LogP contribution is 2.34. The van der Waals surface area contributed by atoms with Crippen LogP contribution in [0.1, 0.15) is 36.3 Å². The Labute approximate surface area is 223 Å². The van der Waals surface area contributed by atoms with E-state index in [9.17, 15) is 9.59 Å². The van der Waals surface area contributed by atoms with Gasteiger partial charge in [0.15, 0.2) is 13.6 Å². The summed E-state index contributed by atoms with van der Waals surface area (Å²) in [5.41, 5.74) is 0.548. The van der Waals surface area contributed by atoms with Gasteiger partial charge in [-0.1, -0.05) is 0 Å². The topological polar surface area (TPSA) is 109 Å². The molecule has 1 aliphatic rings. The van der Waals surface area contributed by atoms with Gasteiger partial charge in [0, 0.05) is 53.4 Å². The predicted octanol–water partition coefficient (Wildman–Crippen LogP) is 2.62. The number of rotatable bonds is 15. The van der Waals surface area contributed by atoms with Crippen LogP contribution < -0.4 is 9.47 Å². The highest BCUT2D eigenvalue weighted by Gasteiger charge is 2.29. The first-order valence-corrected chi connectivity index (χ1v) is 12.6. The van der Waals surface area contributed by atoms with Gasteiger partial charge in [0.2, 0.25) is 5.91 Å². The van der Waals surface area contributed by atoms with E-state index in [-0.39, 0.29) is 19.5 Å². The van der Waals surface area contributed by atoms with E-state index in [1.165, 1.54) is 21.3 Å². The molecule has 0 spiro atoms. The monoisotopic (exact) mass is 534 g/mol. The fourth-order valence-electron chi connectivity index (χ4n) is 4.20. The molecule has 1 saturated heterocycles. The number of hydrogen-bond donors (Lipinski definition) is 0. The number of amides is 1. The summed E-state index contributed by atoms with van der Waals surface area (Å²) in [5, 5.41) is 0. The van der Waals surface area contributed by atoms with Crippen LogP contribution >= 0.6 is 0 Å². The zero-order chi connectivity index (χ0) is 27.3. The van der Waals surface area contributed by atoms with Crippen molar-refractivity contribution in [3.8, 4) is 11.5 Å². The minimum atomic E-state index is -0.878. The minimum absolute atomic E-state index is 0.0212. The molecule has 2 heterocycles. The van der Waals surface area contributed by atoms with Crippen molar-refractivity contribution >= 4 is 11.9 Å². The maximum absolute atomic E-state index is 12.9. The van der Waals surface area contributed by atoms with E-state index >= 15 is 0 Å². The van der Waals surface area contributed by atoms with Crippen molar-refractivity contribution in [2.75, 3.05) is 74.3 Å². The van der Waals surface area contributed by atoms with Gasteiger partial charge in [0.1, 0.15) is 28.9 Å². The molecule has 1 fully saturated rings. The molecular weight excluding hydrogens is 496 g/mol. The third-order valence-corrected chi connectivity index (χ3v) is 6.12. The van der Waals surface area contributed by atoms with E-state index in [0.717, 1.165) is 39.3 Å². The van der Waals surface area contributed by atoms with E-state index in [1.54, 1.807) is 42.2 Å². The lowest BCUT2D eigenvalue weighted by Crippen LogP contribution is -2.38. The second-order valence-corrected chi connectivity index (χ2v) is 8.85. The molecule has 0 bridgehead atoms. The summed E-state index contributed by atoms with van der Waals surface area (Å²) in [5.74, 6) is 0.400. The third-order valence-electron chi connectivity index (χ3n) is 6.12. The number of furan rings is 1. The van der Waals surface area contributed by atoms with E-state index in [0.29, 0.717) is 41.7 Å². The Morgan fingerprint density at radius 2 is 1.66 bits per heavy atom. The molecule has 0 radical (unpaired) electrons. The number of ether oxygens (including phenoxy) is 6. The Balaban J connectivity index is 1.77. The molecule has 11 nitrogen and oxygen atoms in total. The van der Waals surface area contributed by atoms with Crippen LogP contribution in [0.15, 0.2) is 34.7 Å². The molecule has 1 unspecified atom stereocenters. The van der Waals surface area contributed by atoms with Crippen LogP contribution in [0.2, 0.25) is 0 Å². The molecule has 1 atom stereocenters. The van der Waals surface area contributed by atoms with Gasteiger partial charge in [-0.05, 0) is 36.2 Å². The highest BCUT2D eigenvalue weighted by molar-refractivity contribution is 5.81. The highest BCUT2D eigenvalue weighted by atomic mass is 16.7. The van der Waals surface area contributed by atoms with Crippen molar-refractivity contribution in [1.29, 1.82) is 0 Å². The summed E-state index contributed by atoms with van der Waals surface area (Å²) >= 11 is 0. The van der Waals surface area contributed by atoms with E-state index in [2.05, 4.69) is 4.90 Å². The van der Waals surface area contributed by atoms with Crippen molar-refractivity contribution in [3.05, 3.63) is 47.4 Å². The molecule has 3 rings (SSSR count). The number of nitrogens with zero attached hydrogens (tertiary/aromatic N) is 2. The molecule has 2 aromatic rings. The zero-order valence-electron chi connectivity index (χ0n) is 22.6. The van der Waals surface area contributed by atoms with Crippen molar-refractivity contribution in [3.63, 3.8) is 0 Å². The molecule has 1 aromatic heterocycles. The number of methoxy groups -OCH3 is 3. The SMILES string of the molecule is COCOc1cc(OCOC)cc(C(C(=O)OC)c2ccc(CN(CCCN3CCOCC3)C(C)=O)o2)c1. The number of carbonyl (C=O) groups is 2. The van der Waals surface area contributed by atoms with Crippen molar-refractivity contribution in [2.24, 2.45) is 0 Å². The van der Waals surface area contributed by atoms with E-state index < -0.39 is 11.9 Å². The van der Waals surface area contributed by atoms with Crippen LogP contribution in [0.4, 0.5) is 0 Å². The predicted molar refractivity (Wildman–Crippen MR) is 137 cm³/mol. The average Bonchev–Trinajstić information content (AvgIpc) is 3.38. The second-order valence-electron chi connectivity index (χ2n) is 8.85. The lowest BCUT2D eigenvalue weighted by molar-refractivity contribution is -0.141. The molecule has 1 aliphatic heterocycles. The Kier molecular flexibility index (Phi) is 11.9. The van der Waals surface area contributed by atoms with Crippen LogP contribution in [-0.2, 0) is 35.1 Å². The Morgan fingerprint density at radius 1 is 1.00 bits per heavy atom. The summed E-state index contributed by atoms with van der Waals surface area (Å²) in [7, 11) is 4.35. The van der Waals surface area contributed by atoms with Crippen molar-refractivity contribution in [2.45, 2.75) is 25.8 Å². The van der Waals surface area contributed by atoms with E-state index in [1.807, 2.05) is 0 Å². The first kappa shape index (κ1) is 29.4. The first-order chi connectivity index (χ1) is 18.4. The Morgan fingerprint density at radius 3 is 2.24 bits per heavy atom. The summed E-state index contributed by atoms with van der Waals surface area (Å²) in [6.45, 7) is 6.69. The Hall–Kier alpha value is -3.12. The van der Waals surface area contributed by atoms with Crippen molar-refractivity contribution in [1.82, 2.24) is 9.80 Å². The van der Waals surface area contributed by atoms with Gasteiger partial charge in [0.05, 0.1) is 26.9 Å². The van der Waals surface area contributed by atoms with Crippen molar-refractivity contribution < 1.29 is 42.4 Å². The van der Waals surface area contributed by atoms with Gasteiger partial charge >= 0.3 is 5.97 Å². The fraction of sp³-hybridized carbons (Fsp3) is 0.556. The van der Waals surface area contributed by atoms with Gasteiger partial charge < -0.3 is 37.7 Å². The molecule has 1 amide bonds. The fourth-order valence-corrected chi connectivity index (χ4v) is 4.20. The standard InChI is InChI=1S/C27H38N2O9/c1-20(30)29(9-5-8-28-10-12-35-13-11-28)17-22-6-7-25(38-22)26(27(31)34-4)21-14-23(36-18-32-2)16-24(15-21)37-19-33-3/h6-7,14-16,26H,5,8-13,17-19H2,1-4H3. The molecule has 0 saturated carbocycles. The van der Waals surface area contributed by atoms with Gasteiger partial charge in [-0.25, -0.2) is 0 Å². The maximum Gasteiger partial charge on any atom is 0.320 e. The van der Waals surface area contributed by atoms with Crippen LogP contribution in [0.25, 0.3) is 0 Å². The molecule has 11 heteroatoms. The maximum atomic E-state index is 12.9. The molecule has 38 heavy (non-hydrogen) atoms. The quantitative estimate of drug-likeness (QED) is 0.250. The van der Waals surface area contributed by atoms with Crippen LogP contribution in [-0.4, -0.2) is 96.0 Å². The molecule has 210 valence electrons. The lowest BCUT2D eigenvalue weighted by Gasteiger charge is -2.27. The normalized spacial score (nSPS) is 14.6. The lowest BCUT2D eigenvalue weighted by atomic mass is 9.96. The molecule has 0 aliphatic carbocycles. The largest absolute Gasteiger partial charge is 0.468 e.